The van der Waals surface area contributed by atoms with Crippen LogP contribution < -0.4 is 18.9 Å². The second kappa shape index (κ2) is 8.39. The average molecular weight is 184 g/mol. The summed E-state index contributed by atoms with van der Waals surface area (Å²) < 4.78 is 0. The zero-order chi connectivity index (χ0) is 9.52. The SMILES string of the molecule is CCCCCC(C)CC1=[C-]CC=C1.[Li+]. The first-order chi connectivity index (χ1) is 6.33. The van der Waals surface area contributed by atoms with Crippen LogP contribution in [0.1, 0.15) is 52.4 Å². The van der Waals surface area contributed by atoms with Crippen LogP contribution in [0.15, 0.2) is 17.7 Å². The van der Waals surface area contributed by atoms with Gasteiger partial charge in [-0.1, -0.05) is 46.0 Å². The second-order valence-corrected chi connectivity index (χ2v) is 4.11. The predicted molar refractivity (Wildman–Crippen MR) is 58.4 cm³/mol. The van der Waals surface area contributed by atoms with E-state index in [1.54, 1.807) is 0 Å². The molecular weight excluding hydrogens is 163 g/mol. The van der Waals surface area contributed by atoms with Gasteiger partial charge in [0.25, 0.3) is 0 Å². The van der Waals surface area contributed by atoms with Crippen LogP contribution in [0.4, 0.5) is 0 Å². The quantitative estimate of drug-likeness (QED) is 0.331. The summed E-state index contributed by atoms with van der Waals surface area (Å²) in [5.41, 5.74) is 1.43. The molecule has 0 radical (unpaired) electrons. The Morgan fingerprint density at radius 3 is 2.79 bits per heavy atom. The largest absolute Gasteiger partial charge is 1.00 e. The Morgan fingerprint density at radius 1 is 1.43 bits per heavy atom. The van der Waals surface area contributed by atoms with Crippen molar-refractivity contribution in [2.45, 2.75) is 52.4 Å². The Labute approximate surface area is 101 Å². The molecule has 0 spiro atoms. The van der Waals surface area contributed by atoms with E-state index in [1.807, 2.05) is 0 Å². The molecule has 0 bridgehead atoms. The van der Waals surface area contributed by atoms with Crippen LogP contribution in [0, 0.1) is 12.0 Å². The summed E-state index contributed by atoms with van der Waals surface area (Å²) >= 11 is 0. The van der Waals surface area contributed by atoms with Gasteiger partial charge in [-0.3, -0.25) is 6.08 Å². The molecule has 0 heterocycles. The molecule has 0 amide bonds. The molecule has 1 aliphatic carbocycles. The Bertz CT molecular complexity index is 191. The zero-order valence-corrected chi connectivity index (χ0v) is 9.97. The molecule has 0 N–H and O–H groups in total. The first-order valence-electron chi connectivity index (χ1n) is 5.59. The topological polar surface area (TPSA) is 0 Å². The molecule has 1 atom stereocenters. The van der Waals surface area contributed by atoms with Crippen molar-refractivity contribution in [3.05, 3.63) is 23.8 Å². The molecule has 0 aromatic rings. The van der Waals surface area contributed by atoms with E-state index >= 15 is 0 Å². The molecule has 0 aliphatic heterocycles. The van der Waals surface area contributed by atoms with Crippen molar-refractivity contribution in [3.8, 4) is 0 Å². The summed E-state index contributed by atoms with van der Waals surface area (Å²) in [6.07, 6.45) is 15.6. The average Bonchev–Trinajstić information content (AvgIpc) is 2.57. The monoisotopic (exact) mass is 184 g/mol. The van der Waals surface area contributed by atoms with E-state index in [0.29, 0.717) is 0 Å². The standard InChI is InChI=1S/C13H21.Li/c1-3-4-5-8-12(2)11-13-9-6-7-10-13;/h6,9,12H,3-5,7-8,11H2,1-2H3;/q-1;+1. The number of rotatable bonds is 6. The fraction of sp³-hybridized carbons (Fsp3) is 0.692. The van der Waals surface area contributed by atoms with Gasteiger partial charge < -0.3 is 0 Å². The third-order valence-corrected chi connectivity index (χ3v) is 2.63. The van der Waals surface area contributed by atoms with Crippen molar-refractivity contribution in [1.29, 1.82) is 0 Å². The van der Waals surface area contributed by atoms with Gasteiger partial charge >= 0.3 is 18.9 Å². The van der Waals surface area contributed by atoms with Gasteiger partial charge in [-0.05, 0) is 5.92 Å². The molecular formula is C13H21Li. The molecule has 1 unspecified atom stereocenters. The van der Waals surface area contributed by atoms with Crippen LogP contribution in [-0.2, 0) is 0 Å². The van der Waals surface area contributed by atoms with Crippen LogP contribution in [0.25, 0.3) is 0 Å². The Morgan fingerprint density at radius 2 is 2.21 bits per heavy atom. The maximum Gasteiger partial charge on any atom is 1.00 e. The van der Waals surface area contributed by atoms with Gasteiger partial charge in [0, 0.05) is 0 Å². The molecule has 0 saturated heterocycles. The fourth-order valence-corrected chi connectivity index (χ4v) is 1.81. The summed E-state index contributed by atoms with van der Waals surface area (Å²) in [7, 11) is 0. The minimum Gasteiger partial charge on any atom is -0.269 e. The van der Waals surface area contributed by atoms with E-state index in [2.05, 4.69) is 32.1 Å². The minimum absolute atomic E-state index is 0. The summed E-state index contributed by atoms with van der Waals surface area (Å²) in [6, 6.07) is 0. The number of hydrogen-bond donors (Lipinski definition) is 0. The summed E-state index contributed by atoms with van der Waals surface area (Å²) in [4.78, 5) is 0. The summed E-state index contributed by atoms with van der Waals surface area (Å²) in [5.74, 6) is 0.844. The molecule has 0 nitrogen and oxygen atoms in total. The van der Waals surface area contributed by atoms with E-state index in [0.717, 1.165) is 12.3 Å². The van der Waals surface area contributed by atoms with Crippen molar-refractivity contribution >= 4 is 0 Å². The molecule has 14 heavy (non-hydrogen) atoms. The van der Waals surface area contributed by atoms with Gasteiger partial charge in [0.1, 0.15) is 0 Å². The van der Waals surface area contributed by atoms with Crippen molar-refractivity contribution in [1.82, 2.24) is 0 Å². The van der Waals surface area contributed by atoms with Gasteiger partial charge in [-0.25, -0.2) is 11.6 Å². The van der Waals surface area contributed by atoms with Gasteiger partial charge in [0.15, 0.2) is 0 Å². The van der Waals surface area contributed by atoms with E-state index in [1.165, 1.54) is 37.7 Å². The van der Waals surface area contributed by atoms with Crippen molar-refractivity contribution in [2.24, 2.45) is 5.92 Å². The van der Waals surface area contributed by atoms with Crippen molar-refractivity contribution < 1.29 is 18.9 Å². The molecule has 1 aliphatic rings. The van der Waals surface area contributed by atoms with Gasteiger partial charge in [0.05, 0.1) is 0 Å². The number of hydrogen-bond acceptors (Lipinski definition) is 0. The van der Waals surface area contributed by atoms with Crippen LogP contribution in [0.2, 0.25) is 0 Å². The molecule has 0 saturated carbocycles. The molecule has 0 aromatic carbocycles. The molecule has 1 heteroatoms. The normalized spacial score (nSPS) is 16.3. The minimum atomic E-state index is 0. The molecule has 0 fully saturated rings. The van der Waals surface area contributed by atoms with Crippen molar-refractivity contribution in [2.75, 3.05) is 0 Å². The number of allylic oxidation sites excluding steroid dienone is 4. The Hall–Kier alpha value is 0.0774. The van der Waals surface area contributed by atoms with Gasteiger partial charge in [0.2, 0.25) is 0 Å². The van der Waals surface area contributed by atoms with Crippen LogP contribution in [0.3, 0.4) is 0 Å². The fourth-order valence-electron chi connectivity index (χ4n) is 1.81. The van der Waals surface area contributed by atoms with Crippen molar-refractivity contribution in [3.63, 3.8) is 0 Å². The van der Waals surface area contributed by atoms with Gasteiger partial charge in [-0.15, -0.1) is 6.42 Å². The van der Waals surface area contributed by atoms with E-state index in [-0.39, 0.29) is 18.9 Å². The van der Waals surface area contributed by atoms with Crippen LogP contribution in [-0.4, -0.2) is 0 Å². The van der Waals surface area contributed by atoms with Gasteiger partial charge in [-0.2, -0.15) is 6.08 Å². The zero-order valence-electron chi connectivity index (χ0n) is 9.97. The molecule has 0 aromatic heterocycles. The maximum absolute atomic E-state index is 3.38. The smallest absolute Gasteiger partial charge is 0.269 e. The Kier molecular flexibility index (Phi) is 8.44. The summed E-state index contributed by atoms with van der Waals surface area (Å²) in [5, 5.41) is 0. The third kappa shape index (κ3) is 5.73. The second-order valence-electron chi connectivity index (χ2n) is 4.11. The van der Waals surface area contributed by atoms with E-state index in [9.17, 15) is 0 Å². The molecule has 1 rings (SSSR count). The summed E-state index contributed by atoms with van der Waals surface area (Å²) in [6.45, 7) is 4.62. The van der Waals surface area contributed by atoms with E-state index < -0.39 is 0 Å². The first kappa shape index (κ1) is 14.1. The molecule has 74 valence electrons. The maximum atomic E-state index is 3.38. The predicted octanol–water partition coefficient (Wildman–Crippen LogP) is 1.29. The van der Waals surface area contributed by atoms with Crippen LogP contribution >= 0.6 is 0 Å². The first-order valence-corrected chi connectivity index (χ1v) is 5.59. The van der Waals surface area contributed by atoms with E-state index in [4.69, 9.17) is 0 Å². The van der Waals surface area contributed by atoms with Crippen LogP contribution in [0.5, 0.6) is 0 Å². The number of unbranched alkanes of at least 4 members (excludes halogenated alkanes) is 2. The Balaban J connectivity index is 0.00000169. The third-order valence-electron chi connectivity index (χ3n) is 2.63.